The summed E-state index contributed by atoms with van der Waals surface area (Å²) in [6.07, 6.45) is 6.83. The molecule has 0 bridgehead atoms. The molecule has 2 N–H and O–H groups in total. The summed E-state index contributed by atoms with van der Waals surface area (Å²) in [5, 5.41) is 12.7. The Morgan fingerprint density at radius 3 is 2.57 bits per heavy atom. The van der Waals surface area contributed by atoms with Crippen LogP contribution in [0.15, 0.2) is 0 Å². The van der Waals surface area contributed by atoms with Crippen molar-refractivity contribution in [3.63, 3.8) is 0 Å². The summed E-state index contributed by atoms with van der Waals surface area (Å²) in [5.74, 6) is -0.156. The van der Waals surface area contributed by atoms with E-state index < -0.39 is 17.7 Å². The molecule has 0 unspecified atom stereocenters. The number of hydrogen-bond acceptors (Lipinski definition) is 4. The SMILES string of the molecule is COC(=O)N1CCCC[C@@H]1C(=O)NC1(CO)CCCCC1. The smallest absolute Gasteiger partial charge is 0.410 e. The molecule has 1 aliphatic carbocycles. The molecule has 2 rings (SSSR count). The van der Waals surface area contributed by atoms with E-state index in [-0.39, 0.29) is 12.5 Å². The lowest BCUT2D eigenvalue weighted by Crippen LogP contribution is -2.59. The molecule has 0 aromatic rings. The lowest BCUT2D eigenvalue weighted by Gasteiger charge is -2.40. The average molecular weight is 298 g/mol. The molecule has 6 nitrogen and oxygen atoms in total. The maximum atomic E-state index is 12.6. The molecule has 0 radical (unpaired) electrons. The van der Waals surface area contributed by atoms with Crippen LogP contribution >= 0.6 is 0 Å². The number of nitrogens with zero attached hydrogens (tertiary/aromatic N) is 1. The number of amides is 2. The number of methoxy groups -OCH3 is 1. The van der Waals surface area contributed by atoms with Crippen LogP contribution in [0, 0.1) is 0 Å². The molecule has 0 aromatic carbocycles. The highest BCUT2D eigenvalue weighted by atomic mass is 16.5. The number of piperidine rings is 1. The maximum absolute atomic E-state index is 12.6. The molecule has 1 aliphatic heterocycles. The molecule has 1 atom stereocenters. The first kappa shape index (κ1) is 16.1. The minimum Gasteiger partial charge on any atom is -0.453 e. The monoisotopic (exact) mass is 298 g/mol. The number of nitrogens with one attached hydrogen (secondary N) is 1. The zero-order valence-electron chi connectivity index (χ0n) is 12.8. The Morgan fingerprint density at radius 1 is 1.24 bits per heavy atom. The molecule has 21 heavy (non-hydrogen) atoms. The Kier molecular flexibility index (Phi) is 5.45. The van der Waals surface area contributed by atoms with Crippen molar-refractivity contribution in [1.29, 1.82) is 0 Å². The predicted octanol–water partition coefficient (Wildman–Crippen LogP) is 1.42. The van der Waals surface area contributed by atoms with Crippen LogP contribution in [-0.2, 0) is 9.53 Å². The van der Waals surface area contributed by atoms with Crippen molar-refractivity contribution in [1.82, 2.24) is 10.2 Å². The highest BCUT2D eigenvalue weighted by molar-refractivity contribution is 5.86. The van der Waals surface area contributed by atoms with E-state index in [1.807, 2.05) is 0 Å². The van der Waals surface area contributed by atoms with E-state index in [0.717, 1.165) is 44.9 Å². The van der Waals surface area contributed by atoms with E-state index in [1.54, 1.807) is 0 Å². The predicted molar refractivity (Wildman–Crippen MR) is 77.8 cm³/mol. The maximum Gasteiger partial charge on any atom is 0.410 e. The minimum atomic E-state index is -0.505. The molecule has 6 heteroatoms. The van der Waals surface area contributed by atoms with Crippen LogP contribution in [-0.4, -0.2) is 53.8 Å². The normalized spacial score (nSPS) is 25.2. The molecule has 120 valence electrons. The number of likely N-dealkylation sites (tertiary alicyclic amines) is 1. The summed E-state index contributed by atoms with van der Waals surface area (Å²) in [5.41, 5.74) is -0.505. The third-order valence-corrected chi connectivity index (χ3v) is 4.72. The summed E-state index contributed by atoms with van der Waals surface area (Å²) in [4.78, 5) is 25.9. The molecular formula is C15H26N2O4. The topological polar surface area (TPSA) is 78.9 Å². The van der Waals surface area contributed by atoms with Gasteiger partial charge in [0, 0.05) is 6.54 Å². The highest BCUT2D eigenvalue weighted by Crippen LogP contribution is 2.28. The van der Waals surface area contributed by atoms with Crippen LogP contribution < -0.4 is 5.32 Å². The standard InChI is InChI=1S/C15H26N2O4/c1-21-14(20)17-10-6-3-7-12(17)13(19)16-15(11-18)8-4-2-5-9-15/h12,18H,2-11H2,1H3,(H,16,19)/t12-/m1/s1. The largest absolute Gasteiger partial charge is 0.453 e. The van der Waals surface area contributed by atoms with Crippen molar-refractivity contribution in [2.24, 2.45) is 0 Å². The van der Waals surface area contributed by atoms with Crippen molar-refractivity contribution in [2.75, 3.05) is 20.3 Å². The lowest BCUT2D eigenvalue weighted by atomic mass is 9.82. The van der Waals surface area contributed by atoms with Gasteiger partial charge in [0.15, 0.2) is 0 Å². The van der Waals surface area contributed by atoms with Crippen molar-refractivity contribution in [2.45, 2.75) is 62.9 Å². The van der Waals surface area contributed by atoms with Crippen LogP contribution in [0.3, 0.4) is 0 Å². The van der Waals surface area contributed by atoms with Crippen molar-refractivity contribution < 1.29 is 19.4 Å². The van der Waals surface area contributed by atoms with Crippen LogP contribution in [0.5, 0.6) is 0 Å². The molecular weight excluding hydrogens is 272 g/mol. The van der Waals surface area contributed by atoms with Crippen molar-refractivity contribution >= 4 is 12.0 Å². The highest BCUT2D eigenvalue weighted by Gasteiger charge is 2.38. The molecule has 2 amide bonds. The number of hydrogen-bond donors (Lipinski definition) is 2. The zero-order valence-corrected chi connectivity index (χ0v) is 12.8. The molecule has 1 saturated carbocycles. The Hall–Kier alpha value is -1.30. The summed E-state index contributed by atoms with van der Waals surface area (Å²) < 4.78 is 4.77. The van der Waals surface area contributed by atoms with Crippen LogP contribution in [0.1, 0.15) is 51.4 Å². The van der Waals surface area contributed by atoms with Crippen LogP contribution in [0.25, 0.3) is 0 Å². The Labute approximate surface area is 125 Å². The third-order valence-electron chi connectivity index (χ3n) is 4.72. The summed E-state index contributed by atoms with van der Waals surface area (Å²) in [7, 11) is 1.34. The molecule has 0 aromatic heterocycles. The fourth-order valence-electron chi connectivity index (χ4n) is 3.44. The number of aliphatic hydroxyl groups is 1. The second-order valence-corrected chi connectivity index (χ2v) is 6.16. The zero-order chi connectivity index (χ0) is 15.3. The molecule has 2 fully saturated rings. The average Bonchev–Trinajstić information content (AvgIpc) is 2.55. The van der Waals surface area contributed by atoms with E-state index >= 15 is 0 Å². The summed E-state index contributed by atoms with van der Waals surface area (Å²) in [6, 6.07) is -0.475. The summed E-state index contributed by atoms with van der Waals surface area (Å²) in [6.45, 7) is 0.514. The fraction of sp³-hybridized carbons (Fsp3) is 0.867. The number of carbonyl (C=O) groups excluding carboxylic acids is 2. The van der Waals surface area contributed by atoms with E-state index in [4.69, 9.17) is 4.74 Å². The van der Waals surface area contributed by atoms with E-state index in [2.05, 4.69) is 5.32 Å². The number of carbonyl (C=O) groups is 2. The summed E-state index contributed by atoms with van der Waals surface area (Å²) >= 11 is 0. The number of ether oxygens (including phenoxy) is 1. The molecule has 0 spiro atoms. The Bertz CT molecular complexity index is 380. The molecule has 2 aliphatic rings. The van der Waals surface area contributed by atoms with Gasteiger partial charge in [-0.3, -0.25) is 9.69 Å². The van der Waals surface area contributed by atoms with E-state index in [1.165, 1.54) is 12.0 Å². The van der Waals surface area contributed by atoms with Gasteiger partial charge in [0.1, 0.15) is 6.04 Å². The van der Waals surface area contributed by atoms with Gasteiger partial charge in [-0.2, -0.15) is 0 Å². The Balaban J connectivity index is 2.04. The fourth-order valence-corrected chi connectivity index (χ4v) is 3.44. The van der Waals surface area contributed by atoms with Crippen molar-refractivity contribution in [3.8, 4) is 0 Å². The third kappa shape index (κ3) is 3.67. The van der Waals surface area contributed by atoms with Crippen LogP contribution in [0.4, 0.5) is 4.79 Å². The van der Waals surface area contributed by atoms with Crippen LogP contribution in [0.2, 0.25) is 0 Å². The van der Waals surface area contributed by atoms with E-state index in [9.17, 15) is 14.7 Å². The van der Waals surface area contributed by atoms with Gasteiger partial charge in [0.2, 0.25) is 5.91 Å². The first-order chi connectivity index (χ1) is 10.1. The van der Waals surface area contributed by atoms with E-state index in [0.29, 0.717) is 13.0 Å². The van der Waals surface area contributed by atoms with Gasteiger partial charge in [-0.1, -0.05) is 19.3 Å². The first-order valence-corrected chi connectivity index (χ1v) is 7.89. The van der Waals surface area contributed by atoms with Gasteiger partial charge in [-0.05, 0) is 32.1 Å². The van der Waals surface area contributed by atoms with Gasteiger partial charge < -0.3 is 15.2 Å². The molecule has 1 saturated heterocycles. The lowest BCUT2D eigenvalue weighted by molar-refractivity contribution is -0.130. The first-order valence-electron chi connectivity index (χ1n) is 7.89. The number of aliphatic hydroxyl groups excluding tert-OH is 1. The quantitative estimate of drug-likeness (QED) is 0.826. The molecule has 1 heterocycles. The van der Waals surface area contributed by atoms with Crippen molar-refractivity contribution in [3.05, 3.63) is 0 Å². The van der Waals surface area contributed by atoms with Gasteiger partial charge in [-0.25, -0.2) is 4.79 Å². The second-order valence-electron chi connectivity index (χ2n) is 6.16. The van der Waals surface area contributed by atoms with Gasteiger partial charge in [-0.15, -0.1) is 0 Å². The van der Waals surface area contributed by atoms with Gasteiger partial charge in [0.25, 0.3) is 0 Å². The van der Waals surface area contributed by atoms with Gasteiger partial charge >= 0.3 is 6.09 Å². The number of rotatable bonds is 3. The Morgan fingerprint density at radius 2 is 1.95 bits per heavy atom. The minimum absolute atomic E-state index is 0.0380. The van der Waals surface area contributed by atoms with Gasteiger partial charge in [0.05, 0.1) is 19.3 Å². The second kappa shape index (κ2) is 7.11.